The number of methoxy groups -OCH3 is 2. The lowest BCUT2D eigenvalue weighted by Gasteiger charge is -2.22. The van der Waals surface area contributed by atoms with E-state index >= 15 is 0 Å². The highest BCUT2D eigenvalue weighted by Gasteiger charge is 2.16. The first kappa shape index (κ1) is 24.8. The van der Waals surface area contributed by atoms with Gasteiger partial charge < -0.3 is 24.1 Å². The van der Waals surface area contributed by atoms with Crippen molar-refractivity contribution >= 4 is 5.91 Å². The normalized spacial score (nSPS) is 13.8. The molecule has 1 amide bonds. The molecule has 186 valence electrons. The van der Waals surface area contributed by atoms with E-state index in [9.17, 15) is 4.79 Å². The molecule has 0 saturated carbocycles. The van der Waals surface area contributed by atoms with Gasteiger partial charge in [0.15, 0.2) is 17.3 Å². The largest absolute Gasteiger partial charge is 0.493 e. The summed E-state index contributed by atoms with van der Waals surface area (Å²) < 4.78 is 16.8. The molecular formula is C28H35N3O4. The number of benzene rings is 2. The quantitative estimate of drug-likeness (QED) is 0.419. The zero-order valence-electron chi connectivity index (χ0n) is 20.7. The number of nitrogens with zero attached hydrogens (tertiary/aromatic N) is 2. The fourth-order valence-electron chi connectivity index (χ4n) is 4.47. The average Bonchev–Trinajstić information content (AvgIpc) is 3.57. The Hall–Kier alpha value is -3.29. The maximum Gasteiger partial charge on any atom is 0.287 e. The van der Waals surface area contributed by atoms with Gasteiger partial charge in [0.2, 0.25) is 0 Å². The topological polar surface area (TPSA) is 67.2 Å². The molecule has 35 heavy (non-hydrogen) atoms. The molecule has 4 rings (SSSR count). The van der Waals surface area contributed by atoms with Crippen molar-refractivity contribution in [3.05, 3.63) is 83.3 Å². The summed E-state index contributed by atoms with van der Waals surface area (Å²) in [6, 6.07) is 19.9. The number of hydrogen-bond donors (Lipinski definition) is 1. The first-order chi connectivity index (χ1) is 17.1. The summed E-state index contributed by atoms with van der Waals surface area (Å²) in [4.78, 5) is 17.2. The summed E-state index contributed by atoms with van der Waals surface area (Å²) in [6.45, 7) is 5.77. The summed E-state index contributed by atoms with van der Waals surface area (Å²) in [6.07, 6.45) is 2.50. The minimum atomic E-state index is -0.162. The predicted molar refractivity (Wildman–Crippen MR) is 136 cm³/mol. The summed E-state index contributed by atoms with van der Waals surface area (Å²) in [5.74, 6) is 2.36. The van der Waals surface area contributed by atoms with Crippen molar-refractivity contribution in [3.8, 4) is 11.5 Å². The Morgan fingerprint density at radius 2 is 1.66 bits per heavy atom. The minimum Gasteiger partial charge on any atom is -0.493 e. The summed E-state index contributed by atoms with van der Waals surface area (Å²) in [7, 11) is 3.28. The van der Waals surface area contributed by atoms with E-state index in [0.29, 0.717) is 36.9 Å². The smallest absolute Gasteiger partial charge is 0.287 e. The van der Waals surface area contributed by atoms with Crippen molar-refractivity contribution in [2.45, 2.75) is 32.5 Å². The second kappa shape index (κ2) is 12.4. The van der Waals surface area contributed by atoms with Gasteiger partial charge in [-0.2, -0.15) is 0 Å². The van der Waals surface area contributed by atoms with Gasteiger partial charge >= 0.3 is 0 Å². The zero-order valence-corrected chi connectivity index (χ0v) is 20.7. The number of rotatable bonds is 12. The molecule has 1 fully saturated rings. The fourth-order valence-corrected chi connectivity index (χ4v) is 4.47. The summed E-state index contributed by atoms with van der Waals surface area (Å²) in [5, 5.41) is 2.98. The van der Waals surface area contributed by atoms with Gasteiger partial charge in [-0.3, -0.25) is 9.69 Å². The van der Waals surface area contributed by atoms with Crippen molar-refractivity contribution in [2.24, 2.45) is 0 Å². The fraction of sp³-hybridized carbons (Fsp3) is 0.393. The molecule has 0 atom stereocenters. The lowest BCUT2D eigenvalue weighted by molar-refractivity contribution is 0.0917. The van der Waals surface area contributed by atoms with Crippen molar-refractivity contribution in [1.82, 2.24) is 15.1 Å². The van der Waals surface area contributed by atoms with Crippen LogP contribution < -0.4 is 14.8 Å². The molecule has 2 aromatic carbocycles. The number of furan rings is 1. The van der Waals surface area contributed by atoms with Gasteiger partial charge in [0.05, 0.1) is 20.8 Å². The molecule has 1 aliphatic heterocycles. The molecular weight excluding hydrogens is 442 g/mol. The molecule has 0 radical (unpaired) electrons. The van der Waals surface area contributed by atoms with Gasteiger partial charge in [-0.25, -0.2) is 0 Å². The summed E-state index contributed by atoms with van der Waals surface area (Å²) >= 11 is 0. The van der Waals surface area contributed by atoms with Gasteiger partial charge in [-0.05, 0) is 61.3 Å². The third kappa shape index (κ3) is 7.10. The highest BCUT2D eigenvalue weighted by Crippen LogP contribution is 2.28. The molecule has 0 bridgehead atoms. The van der Waals surface area contributed by atoms with Gasteiger partial charge in [0.1, 0.15) is 5.76 Å². The average molecular weight is 478 g/mol. The molecule has 1 saturated heterocycles. The Balaban J connectivity index is 1.41. The van der Waals surface area contributed by atoms with Gasteiger partial charge in [-0.15, -0.1) is 0 Å². The monoisotopic (exact) mass is 477 g/mol. The first-order valence-corrected chi connectivity index (χ1v) is 12.2. The third-order valence-corrected chi connectivity index (χ3v) is 6.28. The molecule has 0 spiro atoms. The van der Waals surface area contributed by atoms with Crippen LogP contribution in [0.15, 0.2) is 65.1 Å². The van der Waals surface area contributed by atoms with Crippen LogP contribution in [0.1, 0.15) is 40.3 Å². The van der Waals surface area contributed by atoms with E-state index in [0.717, 1.165) is 37.5 Å². The molecule has 0 aliphatic carbocycles. The SMILES string of the molecule is COc1ccc(CN(Cc2ccccc2)Cc2ccc(C(=O)NCCN3CCCC3)o2)cc1OC. The molecule has 2 heterocycles. The van der Waals surface area contributed by atoms with E-state index in [4.69, 9.17) is 13.9 Å². The van der Waals surface area contributed by atoms with Crippen LogP contribution in [0.4, 0.5) is 0 Å². The second-order valence-corrected chi connectivity index (χ2v) is 8.89. The van der Waals surface area contributed by atoms with Gasteiger partial charge in [0, 0.05) is 26.2 Å². The highest BCUT2D eigenvalue weighted by molar-refractivity contribution is 5.91. The highest BCUT2D eigenvalue weighted by atomic mass is 16.5. The van der Waals surface area contributed by atoms with E-state index in [1.807, 2.05) is 42.5 Å². The van der Waals surface area contributed by atoms with Crippen molar-refractivity contribution in [2.75, 3.05) is 40.4 Å². The molecule has 0 unspecified atom stereocenters. The second-order valence-electron chi connectivity index (χ2n) is 8.89. The van der Waals surface area contributed by atoms with Crippen LogP contribution in [-0.2, 0) is 19.6 Å². The van der Waals surface area contributed by atoms with Crippen LogP contribution in [0.25, 0.3) is 0 Å². The lowest BCUT2D eigenvalue weighted by atomic mass is 10.1. The number of amides is 1. The third-order valence-electron chi connectivity index (χ3n) is 6.28. The molecule has 3 aromatic rings. The van der Waals surface area contributed by atoms with Crippen molar-refractivity contribution in [3.63, 3.8) is 0 Å². The maximum absolute atomic E-state index is 12.6. The van der Waals surface area contributed by atoms with Gasteiger partial charge in [0.25, 0.3) is 5.91 Å². The van der Waals surface area contributed by atoms with Crippen LogP contribution in [0.5, 0.6) is 11.5 Å². The van der Waals surface area contributed by atoms with E-state index in [-0.39, 0.29) is 5.91 Å². The first-order valence-electron chi connectivity index (χ1n) is 12.2. The van der Waals surface area contributed by atoms with Crippen LogP contribution in [0, 0.1) is 0 Å². The number of nitrogens with one attached hydrogen (secondary N) is 1. The Morgan fingerprint density at radius 1 is 0.914 bits per heavy atom. The maximum atomic E-state index is 12.6. The molecule has 1 N–H and O–H groups in total. The number of carbonyl (C=O) groups is 1. The van der Waals surface area contributed by atoms with Crippen molar-refractivity contribution in [1.29, 1.82) is 0 Å². The number of carbonyl (C=O) groups excluding carboxylic acids is 1. The van der Waals surface area contributed by atoms with E-state index in [1.165, 1.54) is 18.4 Å². The molecule has 1 aromatic heterocycles. The summed E-state index contributed by atoms with van der Waals surface area (Å²) in [5.41, 5.74) is 2.31. The standard InChI is InChI=1S/C28H35N3O4/c1-33-25-12-10-23(18-27(25)34-2)20-31(19-22-8-4-3-5-9-22)21-24-11-13-26(35-24)28(32)29-14-17-30-15-6-7-16-30/h3-5,8-13,18H,6-7,14-17,19-21H2,1-2H3,(H,29,32). The van der Waals surface area contributed by atoms with E-state index in [2.05, 4.69) is 27.2 Å². The van der Waals surface area contributed by atoms with Crippen LogP contribution in [0.2, 0.25) is 0 Å². The minimum absolute atomic E-state index is 0.162. The van der Waals surface area contributed by atoms with E-state index in [1.54, 1.807) is 20.3 Å². The zero-order chi connectivity index (χ0) is 24.5. The molecule has 1 aliphatic rings. The van der Waals surface area contributed by atoms with Crippen LogP contribution >= 0.6 is 0 Å². The Bertz CT molecular complexity index is 1080. The number of ether oxygens (including phenoxy) is 2. The van der Waals surface area contributed by atoms with Crippen molar-refractivity contribution < 1.29 is 18.7 Å². The predicted octanol–water partition coefficient (Wildman–Crippen LogP) is 4.32. The Morgan fingerprint density at radius 3 is 2.40 bits per heavy atom. The number of likely N-dealkylation sites (tertiary alicyclic amines) is 1. The van der Waals surface area contributed by atoms with Crippen LogP contribution in [-0.4, -0.2) is 56.1 Å². The number of hydrogen-bond acceptors (Lipinski definition) is 6. The van der Waals surface area contributed by atoms with Crippen LogP contribution in [0.3, 0.4) is 0 Å². The molecule has 7 nitrogen and oxygen atoms in total. The lowest BCUT2D eigenvalue weighted by Crippen LogP contribution is -2.33. The molecule has 7 heteroatoms. The Kier molecular flexibility index (Phi) is 8.81. The van der Waals surface area contributed by atoms with E-state index < -0.39 is 0 Å². The van der Waals surface area contributed by atoms with Gasteiger partial charge in [-0.1, -0.05) is 36.4 Å². The Labute approximate surface area is 207 Å².